The van der Waals surface area contributed by atoms with Crippen LogP contribution in [0.3, 0.4) is 0 Å². The molecule has 7 nitrogen and oxygen atoms in total. The Morgan fingerprint density at radius 3 is 2.30 bits per heavy atom. The van der Waals surface area contributed by atoms with E-state index < -0.39 is 0 Å². The standard InChI is InChI=1S/C33H62N4O3/c1-24(23-40-31(39)37-21-7-20-36-18-5-4-17-35-19-6-16-34)28-10-11-29-27-9-8-25-22-26(38)12-14-32(25,2)30(27)13-15-33(28,29)3/h24-30,35-36,38H,4-23,34H2,1-3H3,(H,37,39)/t24-,25+,26-,27+,28-,29+,30+,32+,33-/m1/s1. The normalized spacial score (nSPS) is 37.7. The number of ether oxygens (including phenoxy) is 1. The van der Waals surface area contributed by atoms with Gasteiger partial charge in [0.25, 0.3) is 0 Å². The van der Waals surface area contributed by atoms with Crippen molar-refractivity contribution in [2.24, 2.45) is 52.1 Å². The molecule has 9 atom stereocenters. The summed E-state index contributed by atoms with van der Waals surface area (Å²) in [6, 6.07) is 0. The molecule has 6 N–H and O–H groups in total. The molecule has 0 spiro atoms. The molecule has 7 heteroatoms. The van der Waals surface area contributed by atoms with Crippen molar-refractivity contribution in [2.75, 3.05) is 45.9 Å². The largest absolute Gasteiger partial charge is 0.449 e. The Morgan fingerprint density at radius 1 is 0.875 bits per heavy atom. The monoisotopic (exact) mass is 562 g/mol. The summed E-state index contributed by atoms with van der Waals surface area (Å²) in [4.78, 5) is 12.4. The van der Waals surface area contributed by atoms with Crippen molar-refractivity contribution in [2.45, 2.75) is 110 Å². The Bertz CT molecular complexity index is 783. The van der Waals surface area contributed by atoms with Crippen molar-refractivity contribution in [3.63, 3.8) is 0 Å². The molecule has 0 aromatic heterocycles. The third-order valence-electron chi connectivity index (χ3n) is 12.2. The molecule has 4 aliphatic carbocycles. The molecule has 0 aliphatic heterocycles. The number of rotatable bonds is 15. The fourth-order valence-corrected chi connectivity index (χ4v) is 9.97. The van der Waals surface area contributed by atoms with Crippen molar-refractivity contribution in [1.82, 2.24) is 16.0 Å². The fraction of sp³-hybridized carbons (Fsp3) is 0.970. The van der Waals surface area contributed by atoms with E-state index in [4.69, 9.17) is 10.5 Å². The predicted octanol–water partition coefficient (Wildman–Crippen LogP) is 5.07. The van der Waals surface area contributed by atoms with E-state index in [1.54, 1.807) is 0 Å². The number of unbranched alkanes of at least 4 members (excludes halogenated alkanes) is 1. The number of nitrogens with one attached hydrogen (secondary N) is 3. The molecule has 0 radical (unpaired) electrons. The SMILES string of the molecule is C[C@H](COC(=O)NCCCNCCCCNCCCN)[C@H]1CC[C@H]2[C@@H]3CC[C@H]4C[C@H](O)CC[C@]4(C)[C@H]3CC[C@]12C. The third kappa shape index (κ3) is 7.54. The third-order valence-corrected chi connectivity index (χ3v) is 12.2. The molecule has 0 saturated heterocycles. The van der Waals surface area contributed by atoms with Gasteiger partial charge in [-0.1, -0.05) is 20.8 Å². The van der Waals surface area contributed by atoms with E-state index in [2.05, 4.69) is 36.7 Å². The Kier molecular flexibility index (Phi) is 12.0. The second-order valence-corrected chi connectivity index (χ2v) is 14.5. The van der Waals surface area contributed by atoms with Crippen molar-refractivity contribution in [3.8, 4) is 0 Å². The summed E-state index contributed by atoms with van der Waals surface area (Å²) >= 11 is 0. The number of amides is 1. The van der Waals surface area contributed by atoms with Gasteiger partial charge >= 0.3 is 6.09 Å². The van der Waals surface area contributed by atoms with Gasteiger partial charge in [0, 0.05) is 6.54 Å². The minimum Gasteiger partial charge on any atom is -0.449 e. The second-order valence-electron chi connectivity index (χ2n) is 14.5. The van der Waals surface area contributed by atoms with Crippen LogP contribution >= 0.6 is 0 Å². The van der Waals surface area contributed by atoms with Crippen LogP contribution in [0.5, 0.6) is 0 Å². The van der Waals surface area contributed by atoms with Crippen LogP contribution in [0.25, 0.3) is 0 Å². The molecule has 0 heterocycles. The number of nitrogens with two attached hydrogens (primary N) is 1. The topological polar surface area (TPSA) is 109 Å². The van der Waals surface area contributed by atoms with Crippen LogP contribution in [-0.4, -0.2) is 63.2 Å². The van der Waals surface area contributed by atoms with Crippen LogP contribution in [0.2, 0.25) is 0 Å². The van der Waals surface area contributed by atoms with Crippen molar-refractivity contribution in [3.05, 3.63) is 0 Å². The van der Waals surface area contributed by atoms with E-state index in [9.17, 15) is 9.90 Å². The molecule has 232 valence electrons. The maximum absolute atomic E-state index is 12.4. The van der Waals surface area contributed by atoms with Crippen LogP contribution in [-0.2, 0) is 4.74 Å². The molecule has 4 aliphatic rings. The Labute approximate surface area is 244 Å². The van der Waals surface area contributed by atoms with Crippen LogP contribution in [0.15, 0.2) is 0 Å². The fourth-order valence-electron chi connectivity index (χ4n) is 9.97. The van der Waals surface area contributed by atoms with Crippen LogP contribution in [0, 0.1) is 46.3 Å². The Hall–Kier alpha value is -0.890. The van der Waals surface area contributed by atoms with Crippen molar-refractivity contribution < 1.29 is 14.6 Å². The molecule has 4 rings (SSSR count). The first-order valence-electron chi connectivity index (χ1n) is 17.0. The van der Waals surface area contributed by atoms with E-state index in [1.165, 1.54) is 51.4 Å². The van der Waals surface area contributed by atoms with Crippen LogP contribution in [0.1, 0.15) is 104 Å². The first-order chi connectivity index (χ1) is 19.3. The van der Waals surface area contributed by atoms with Gasteiger partial charge in [-0.25, -0.2) is 4.79 Å². The van der Waals surface area contributed by atoms with E-state index in [0.29, 0.717) is 35.8 Å². The van der Waals surface area contributed by atoms with Gasteiger partial charge in [0.15, 0.2) is 0 Å². The van der Waals surface area contributed by atoms with Gasteiger partial charge in [-0.2, -0.15) is 0 Å². The maximum Gasteiger partial charge on any atom is 0.407 e. The zero-order chi connectivity index (χ0) is 28.6. The number of carbonyl (C=O) groups is 1. The lowest BCUT2D eigenvalue weighted by Gasteiger charge is -2.61. The van der Waals surface area contributed by atoms with Gasteiger partial charge in [-0.15, -0.1) is 0 Å². The van der Waals surface area contributed by atoms with Crippen LogP contribution in [0.4, 0.5) is 4.79 Å². The number of aliphatic hydroxyl groups is 1. The highest BCUT2D eigenvalue weighted by atomic mass is 16.5. The summed E-state index contributed by atoms with van der Waals surface area (Å²) < 4.78 is 5.74. The summed E-state index contributed by atoms with van der Waals surface area (Å²) in [5.74, 6) is 4.27. The molecule has 0 unspecified atom stereocenters. The van der Waals surface area contributed by atoms with E-state index >= 15 is 0 Å². The van der Waals surface area contributed by atoms with Gasteiger partial charge in [0.1, 0.15) is 0 Å². The van der Waals surface area contributed by atoms with Crippen LogP contribution < -0.4 is 21.7 Å². The number of carbonyl (C=O) groups excluding carboxylic acids is 1. The molecule has 0 aromatic carbocycles. The summed E-state index contributed by atoms with van der Waals surface area (Å²) in [5.41, 5.74) is 6.32. The zero-order valence-corrected chi connectivity index (χ0v) is 26.0. The molecule has 4 saturated carbocycles. The Balaban J connectivity index is 1.12. The molecule has 40 heavy (non-hydrogen) atoms. The number of alkyl carbamates (subject to hydrolysis) is 1. The lowest BCUT2D eigenvalue weighted by atomic mass is 9.44. The van der Waals surface area contributed by atoms with Crippen molar-refractivity contribution >= 4 is 6.09 Å². The minimum atomic E-state index is -0.260. The highest BCUT2D eigenvalue weighted by Crippen LogP contribution is 2.68. The highest BCUT2D eigenvalue weighted by molar-refractivity contribution is 5.67. The van der Waals surface area contributed by atoms with Crippen molar-refractivity contribution in [1.29, 1.82) is 0 Å². The average molecular weight is 563 g/mol. The molecule has 0 bridgehead atoms. The van der Waals surface area contributed by atoms with E-state index in [0.717, 1.165) is 88.5 Å². The highest BCUT2D eigenvalue weighted by Gasteiger charge is 2.60. The number of hydrogen-bond acceptors (Lipinski definition) is 6. The number of hydrogen-bond donors (Lipinski definition) is 5. The maximum atomic E-state index is 12.4. The number of fused-ring (bicyclic) bond motifs is 5. The first-order valence-corrected chi connectivity index (χ1v) is 17.0. The van der Waals surface area contributed by atoms with E-state index in [-0.39, 0.29) is 12.2 Å². The summed E-state index contributed by atoms with van der Waals surface area (Å²) in [7, 11) is 0. The lowest BCUT2D eigenvalue weighted by Crippen LogP contribution is -2.54. The van der Waals surface area contributed by atoms with Gasteiger partial charge in [-0.05, 0) is 163 Å². The lowest BCUT2D eigenvalue weighted by molar-refractivity contribution is -0.130. The zero-order valence-electron chi connectivity index (χ0n) is 26.0. The molecular formula is C33H62N4O3. The van der Waals surface area contributed by atoms with Gasteiger partial charge in [0.05, 0.1) is 12.7 Å². The molecular weight excluding hydrogens is 500 g/mol. The summed E-state index contributed by atoms with van der Waals surface area (Å²) in [6.45, 7) is 13.4. The van der Waals surface area contributed by atoms with Gasteiger partial charge in [-0.3, -0.25) is 0 Å². The minimum absolute atomic E-state index is 0.0660. The number of aliphatic hydroxyl groups excluding tert-OH is 1. The second kappa shape index (κ2) is 15.0. The van der Waals surface area contributed by atoms with Gasteiger partial charge in [0.2, 0.25) is 0 Å². The smallest absolute Gasteiger partial charge is 0.407 e. The van der Waals surface area contributed by atoms with E-state index in [1.807, 2.05) is 0 Å². The predicted molar refractivity (Wildman–Crippen MR) is 163 cm³/mol. The molecule has 1 amide bonds. The average Bonchev–Trinajstić information content (AvgIpc) is 3.30. The Morgan fingerprint density at radius 2 is 1.55 bits per heavy atom. The van der Waals surface area contributed by atoms with Gasteiger partial charge < -0.3 is 31.5 Å². The quantitative estimate of drug-likeness (QED) is 0.178. The molecule has 4 fully saturated rings. The molecule has 0 aromatic rings. The summed E-state index contributed by atoms with van der Waals surface area (Å²) in [5, 5.41) is 20.2. The first kappa shape index (κ1) is 32.0. The summed E-state index contributed by atoms with van der Waals surface area (Å²) in [6.07, 6.45) is 15.2.